The Labute approximate surface area is 217 Å². The fourth-order valence-corrected chi connectivity index (χ4v) is 5.16. The first-order valence-electron chi connectivity index (χ1n) is 14.2. The number of aromatic nitrogens is 3. The molecule has 1 aromatic carbocycles. The first kappa shape index (κ1) is 28.6. The molecule has 0 fully saturated rings. The summed E-state index contributed by atoms with van der Waals surface area (Å²) >= 11 is 0. The van der Waals surface area contributed by atoms with E-state index in [9.17, 15) is 10.2 Å². The summed E-state index contributed by atoms with van der Waals surface area (Å²) in [6.45, 7) is 2.94. The van der Waals surface area contributed by atoms with Gasteiger partial charge in [0.25, 0.3) is 0 Å². The molecule has 0 radical (unpaired) electrons. The van der Waals surface area contributed by atoms with Crippen LogP contribution in [0.4, 0.5) is 0 Å². The SMILES string of the molecule is CCCCCCCCCCCCCCC[C@H]1[C@H](O)[C@H](O)c2c(COCc3ccc(OC)cc3)nnn21. The topological polar surface area (TPSA) is 89.6 Å². The maximum atomic E-state index is 10.6. The summed E-state index contributed by atoms with van der Waals surface area (Å²) < 4.78 is 12.7. The number of benzene rings is 1. The van der Waals surface area contributed by atoms with E-state index in [1.807, 2.05) is 24.3 Å². The molecule has 2 heterocycles. The van der Waals surface area contributed by atoms with Gasteiger partial charge >= 0.3 is 0 Å². The molecule has 0 amide bonds. The normalized spacial score (nSPS) is 19.1. The van der Waals surface area contributed by atoms with E-state index in [1.165, 1.54) is 70.6 Å². The minimum atomic E-state index is -0.966. The second kappa shape index (κ2) is 16.0. The number of methoxy groups -OCH3 is 1. The van der Waals surface area contributed by atoms with Crippen LogP contribution in [0.3, 0.4) is 0 Å². The van der Waals surface area contributed by atoms with Gasteiger partial charge in [-0.1, -0.05) is 108 Å². The molecule has 0 aliphatic carbocycles. The summed E-state index contributed by atoms with van der Waals surface area (Å²) in [7, 11) is 1.64. The molecule has 36 heavy (non-hydrogen) atoms. The van der Waals surface area contributed by atoms with Crippen molar-refractivity contribution in [2.24, 2.45) is 0 Å². The number of aliphatic hydroxyl groups excluding tert-OH is 2. The van der Waals surface area contributed by atoms with Crippen molar-refractivity contribution in [3.05, 3.63) is 41.2 Å². The third-order valence-corrected chi connectivity index (χ3v) is 7.39. The lowest BCUT2D eigenvalue weighted by Crippen LogP contribution is -2.21. The highest BCUT2D eigenvalue weighted by Crippen LogP contribution is 2.38. The average Bonchev–Trinajstić information content (AvgIpc) is 3.41. The van der Waals surface area contributed by atoms with Gasteiger partial charge in [0.15, 0.2) is 0 Å². The molecule has 0 spiro atoms. The Kier molecular flexibility index (Phi) is 12.7. The van der Waals surface area contributed by atoms with Gasteiger partial charge in [0, 0.05) is 0 Å². The molecule has 7 heteroatoms. The number of hydrogen-bond acceptors (Lipinski definition) is 6. The summed E-state index contributed by atoms with van der Waals surface area (Å²) in [6, 6.07) is 7.49. The van der Waals surface area contributed by atoms with Crippen molar-refractivity contribution in [3.63, 3.8) is 0 Å². The summed E-state index contributed by atoms with van der Waals surface area (Å²) in [5.41, 5.74) is 2.22. The van der Waals surface area contributed by atoms with Gasteiger partial charge < -0.3 is 19.7 Å². The van der Waals surface area contributed by atoms with Crippen molar-refractivity contribution >= 4 is 0 Å². The van der Waals surface area contributed by atoms with E-state index in [2.05, 4.69) is 17.2 Å². The van der Waals surface area contributed by atoms with Gasteiger partial charge in [0.05, 0.1) is 32.1 Å². The Morgan fingerprint density at radius 2 is 1.39 bits per heavy atom. The Bertz CT molecular complexity index is 855. The molecule has 0 saturated carbocycles. The first-order chi connectivity index (χ1) is 17.7. The molecule has 202 valence electrons. The standard InChI is InChI=1S/C29H47N3O4/c1-3-4-5-6-7-8-9-10-11-12-13-14-15-16-26-28(33)29(34)27-25(30-31-32(26)27)22-36-21-23-17-19-24(35-2)20-18-23/h17-20,26,28-29,33-34H,3-16,21-22H2,1-2H3/t26-,28-,29+/m0/s1. The van der Waals surface area contributed by atoms with Crippen LogP contribution in [0.25, 0.3) is 0 Å². The maximum Gasteiger partial charge on any atom is 0.126 e. The summed E-state index contributed by atoms with van der Waals surface area (Å²) in [4.78, 5) is 0. The molecule has 2 aromatic rings. The van der Waals surface area contributed by atoms with Crippen molar-refractivity contribution in [3.8, 4) is 5.75 Å². The maximum absolute atomic E-state index is 10.6. The monoisotopic (exact) mass is 501 g/mol. The van der Waals surface area contributed by atoms with E-state index >= 15 is 0 Å². The summed E-state index contributed by atoms with van der Waals surface area (Å²) in [5, 5.41) is 29.8. The van der Waals surface area contributed by atoms with Crippen LogP contribution in [-0.2, 0) is 18.0 Å². The third-order valence-electron chi connectivity index (χ3n) is 7.39. The van der Waals surface area contributed by atoms with E-state index in [0.29, 0.717) is 18.0 Å². The van der Waals surface area contributed by atoms with Crippen LogP contribution in [-0.4, -0.2) is 38.4 Å². The lowest BCUT2D eigenvalue weighted by atomic mass is 10.0. The van der Waals surface area contributed by atoms with Gasteiger partial charge in [-0.25, -0.2) is 4.68 Å². The van der Waals surface area contributed by atoms with Crippen LogP contribution >= 0.6 is 0 Å². The highest BCUT2D eigenvalue weighted by molar-refractivity contribution is 5.26. The summed E-state index contributed by atoms with van der Waals surface area (Å²) in [5.74, 6) is 0.807. The number of fused-ring (bicyclic) bond motifs is 1. The molecule has 0 bridgehead atoms. The van der Waals surface area contributed by atoms with Crippen LogP contribution in [0, 0.1) is 0 Å². The van der Waals surface area contributed by atoms with Crippen molar-refractivity contribution in [2.45, 2.75) is 128 Å². The van der Waals surface area contributed by atoms with Crippen LogP contribution in [0.5, 0.6) is 5.75 Å². The van der Waals surface area contributed by atoms with Gasteiger partial charge in [-0.15, -0.1) is 5.10 Å². The molecule has 2 N–H and O–H groups in total. The predicted molar refractivity (Wildman–Crippen MR) is 142 cm³/mol. The number of rotatable bonds is 19. The van der Waals surface area contributed by atoms with E-state index in [1.54, 1.807) is 11.8 Å². The molecule has 3 atom stereocenters. The highest BCUT2D eigenvalue weighted by atomic mass is 16.5. The van der Waals surface area contributed by atoms with Crippen molar-refractivity contribution in [1.29, 1.82) is 0 Å². The molecule has 1 aliphatic rings. The quantitative estimate of drug-likeness (QED) is 0.216. The average molecular weight is 502 g/mol. The van der Waals surface area contributed by atoms with E-state index in [0.717, 1.165) is 30.6 Å². The lowest BCUT2D eigenvalue weighted by Gasteiger charge is -2.16. The Morgan fingerprint density at radius 3 is 1.97 bits per heavy atom. The zero-order chi connectivity index (χ0) is 25.6. The third kappa shape index (κ3) is 8.56. The fraction of sp³-hybridized carbons (Fsp3) is 0.724. The Balaban J connectivity index is 1.31. The van der Waals surface area contributed by atoms with Crippen LogP contribution in [0.15, 0.2) is 24.3 Å². The second-order valence-corrected chi connectivity index (χ2v) is 10.2. The number of unbranched alkanes of at least 4 members (excludes halogenated alkanes) is 12. The largest absolute Gasteiger partial charge is 0.497 e. The second-order valence-electron chi connectivity index (χ2n) is 10.2. The Morgan fingerprint density at radius 1 is 0.806 bits per heavy atom. The molecule has 1 aromatic heterocycles. The zero-order valence-corrected chi connectivity index (χ0v) is 22.4. The van der Waals surface area contributed by atoms with E-state index in [-0.39, 0.29) is 12.6 Å². The molecule has 0 unspecified atom stereocenters. The highest BCUT2D eigenvalue weighted by Gasteiger charge is 2.41. The van der Waals surface area contributed by atoms with Crippen molar-refractivity contribution < 1.29 is 19.7 Å². The van der Waals surface area contributed by atoms with Crippen molar-refractivity contribution in [2.75, 3.05) is 7.11 Å². The number of aliphatic hydroxyl groups is 2. The fourth-order valence-electron chi connectivity index (χ4n) is 5.16. The molecular formula is C29H47N3O4. The molecule has 3 rings (SSSR count). The van der Waals surface area contributed by atoms with Crippen LogP contribution in [0.1, 0.15) is 126 Å². The minimum absolute atomic E-state index is 0.217. The van der Waals surface area contributed by atoms with Gasteiger partial charge in [-0.05, 0) is 24.1 Å². The first-order valence-corrected chi connectivity index (χ1v) is 14.2. The van der Waals surface area contributed by atoms with E-state index < -0.39 is 12.2 Å². The van der Waals surface area contributed by atoms with Gasteiger partial charge in [-0.2, -0.15) is 0 Å². The molecule has 1 aliphatic heterocycles. The number of nitrogens with zero attached hydrogens (tertiary/aromatic N) is 3. The summed E-state index contributed by atoms with van der Waals surface area (Å²) in [6.07, 6.45) is 16.0. The predicted octanol–water partition coefficient (Wildman–Crippen LogP) is 6.43. The lowest BCUT2D eigenvalue weighted by molar-refractivity contribution is 0.00674. The van der Waals surface area contributed by atoms with Crippen LogP contribution in [0.2, 0.25) is 0 Å². The molecule has 0 saturated heterocycles. The van der Waals surface area contributed by atoms with E-state index in [4.69, 9.17) is 9.47 Å². The number of hydrogen-bond donors (Lipinski definition) is 2. The zero-order valence-electron chi connectivity index (χ0n) is 22.4. The van der Waals surface area contributed by atoms with Crippen LogP contribution < -0.4 is 4.74 Å². The van der Waals surface area contributed by atoms with Crippen molar-refractivity contribution in [1.82, 2.24) is 15.0 Å². The Hall–Kier alpha value is -1.96. The van der Waals surface area contributed by atoms with Gasteiger partial charge in [0.1, 0.15) is 23.7 Å². The number of ether oxygens (including phenoxy) is 2. The van der Waals surface area contributed by atoms with Gasteiger partial charge in [0.2, 0.25) is 0 Å². The molecule has 7 nitrogen and oxygen atoms in total. The molecular weight excluding hydrogens is 454 g/mol. The minimum Gasteiger partial charge on any atom is -0.497 e. The van der Waals surface area contributed by atoms with Gasteiger partial charge in [-0.3, -0.25) is 0 Å². The smallest absolute Gasteiger partial charge is 0.126 e.